The molecule has 3 nitrogen and oxygen atoms in total. The number of ketones is 1. The Morgan fingerprint density at radius 1 is 0.792 bits per heavy atom. The molecule has 0 heterocycles. The zero-order valence-corrected chi connectivity index (χ0v) is 15.2. The molecule has 0 spiro atoms. The second-order valence-corrected chi connectivity index (χ2v) is 6.39. The zero-order chi connectivity index (χ0) is 16.9. The fraction of sp³-hybridized carbons (Fsp3) is 0.0500. The lowest BCUT2D eigenvalue weighted by Gasteiger charge is -2.08. The largest absolute Gasteiger partial charge is 0.497 e. The van der Waals surface area contributed by atoms with E-state index in [1.807, 2.05) is 48.5 Å². The summed E-state index contributed by atoms with van der Waals surface area (Å²) >= 11 is 2.22. The highest BCUT2D eigenvalue weighted by atomic mass is 127. The van der Waals surface area contributed by atoms with E-state index in [1.54, 1.807) is 31.4 Å². The van der Waals surface area contributed by atoms with Crippen LogP contribution in [0.15, 0.2) is 72.8 Å². The second-order valence-electron chi connectivity index (χ2n) is 5.14. The molecule has 24 heavy (non-hydrogen) atoms. The summed E-state index contributed by atoms with van der Waals surface area (Å²) in [5.74, 6) is 2.09. The first-order chi connectivity index (χ1) is 11.7. The van der Waals surface area contributed by atoms with E-state index < -0.39 is 0 Å². The van der Waals surface area contributed by atoms with Crippen LogP contribution < -0.4 is 9.47 Å². The SMILES string of the molecule is COc1cccc(Oc2ccc(C(=O)c3ccc(I)cc3)cc2)c1. The van der Waals surface area contributed by atoms with Crippen molar-refractivity contribution in [2.45, 2.75) is 0 Å². The molecule has 0 N–H and O–H groups in total. The van der Waals surface area contributed by atoms with Gasteiger partial charge in [-0.3, -0.25) is 4.79 Å². The highest BCUT2D eigenvalue weighted by Gasteiger charge is 2.09. The molecule has 0 fully saturated rings. The standard InChI is InChI=1S/C20H15IO3/c1-23-18-3-2-4-19(13-18)24-17-11-7-15(8-12-17)20(22)14-5-9-16(21)10-6-14/h2-13H,1H3. The van der Waals surface area contributed by atoms with E-state index >= 15 is 0 Å². The molecule has 0 aromatic heterocycles. The third kappa shape index (κ3) is 3.94. The number of benzene rings is 3. The first-order valence-electron chi connectivity index (χ1n) is 7.38. The van der Waals surface area contributed by atoms with Crippen molar-refractivity contribution < 1.29 is 14.3 Å². The summed E-state index contributed by atoms with van der Waals surface area (Å²) in [4.78, 5) is 12.5. The molecule has 0 radical (unpaired) electrons. The van der Waals surface area contributed by atoms with Crippen LogP contribution in [0.5, 0.6) is 17.2 Å². The lowest BCUT2D eigenvalue weighted by Crippen LogP contribution is -2.00. The van der Waals surface area contributed by atoms with Gasteiger partial charge in [0.1, 0.15) is 17.2 Å². The molecule has 0 saturated heterocycles. The summed E-state index contributed by atoms with van der Waals surface area (Å²) in [6.45, 7) is 0. The van der Waals surface area contributed by atoms with Crippen molar-refractivity contribution in [1.29, 1.82) is 0 Å². The molecule has 0 unspecified atom stereocenters. The van der Waals surface area contributed by atoms with Crippen molar-refractivity contribution in [3.8, 4) is 17.2 Å². The van der Waals surface area contributed by atoms with Gasteiger partial charge in [-0.1, -0.05) is 6.07 Å². The molecule has 0 amide bonds. The Bertz CT molecular complexity index is 840. The van der Waals surface area contributed by atoms with Crippen molar-refractivity contribution in [3.05, 3.63) is 87.5 Å². The number of hydrogen-bond acceptors (Lipinski definition) is 3. The van der Waals surface area contributed by atoms with Gasteiger partial charge in [0.05, 0.1) is 7.11 Å². The van der Waals surface area contributed by atoms with Gasteiger partial charge in [-0.2, -0.15) is 0 Å². The van der Waals surface area contributed by atoms with E-state index in [1.165, 1.54) is 0 Å². The monoisotopic (exact) mass is 430 g/mol. The van der Waals surface area contributed by atoms with Gasteiger partial charge in [0.2, 0.25) is 0 Å². The number of halogens is 1. The predicted octanol–water partition coefficient (Wildman–Crippen LogP) is 5.32. The summed E-state index contributed by atoms with van der Waals surface area (Å²) < 4.78 is 12.1. The molecule has 4 heteroatoms. The van der Waals surface area contributed by atoms with Crippen LogP contribution >= 0.6 is 22.6 Å². The van der Waals surface area contributed by atoms with E-state index in [4.69, 9.17) is 9.47 Å². The minimum absolute atomic E-state index is 0.000620. The first-order valence-corrected chi connectivity index (χ1v) is 8.46. The maximum atomic E-state index is 12.5. The smallest absolute Gasteiger partial charge is 0.193 e. The Labute approximate surface area is 154 Å². The summed E-state index contributed by atoms with van der Waals surface area (Å²) in [6.07, 6.45) is 0. The van der Waals surface area contributed by atoms with Crippen molar-refractivity contribution in [3.63, 3.8) is 0 Å². The molecule has 3 rings (SSSR count). The highest BCUT2D eigenvalue weighted by Crippen LogP contribution is 2.25. The molecule has 0 bridgehead atoms. The van der Waals surface area contributed by atoms with Gasteiger partial charge in [-0.25, -0.2) is 0 Å². The van der Waals surface area contributed by atoms with Crippen molar-refractivity contribution in [2.75, 3.05) is 7.11 Å². The van der Waals surface area contributed by atoms with Gasteiger partial charge in [-0.15, -0.1) is 0 Å². The van der Waals surface area contributed by atoms with Crippen LogP contribution in [0.3, 0.4) is 0 Å². The summed E-state index contributed by atoms with van der Waals surface area (Å²) in [6, 6.07) is 22.0. The molecule has 120 valence electrons. The topological polar surface area (TPSA) is 35.5 Å². The molecule has 0 aliphatic rings. The van der Waals surface area contributed by atoms with Gasteiger partial charge in [0.15, 0.2) is 5.78 Å². The molecule has 0 atom stereocenters. The summed E-state index contributed by atoms with van der Waals surface area (Å²) in [5.41, 5.74) is 1.31. The Morgan fingerprint density at radius 3 is 2.00 bits per heavy atom. The Morgan fingerprint density at radius 2 is 1.38 bits per heavy atom. The van der Waals surface area contributed by atoms with Crippen molar-refractivity contribution >= 4 is 28.4 Å². The van der Waals surface area contributed by atoms with E-state index in [9.17, 15) is 4.79 Å². The molecule has 0 aliphatic heterocycles. The molecule has 3 aromatic carbocycles. The normalized spacial score (nSPS) is 10.2. The number of methoxy groups -OCH3 is 1. The lowest BCUT2D eigenvalue weighted by molar-refractivity contribution is 0.103. The average molecular weight is 430 g/mol. The minimum atomic E-state index is -0.000620. The Balaban J connectivity index is 1.75. The lowest BCUT2D eigenvalue weighted by atomic mass is 10.0. The van der Waals surface area contributed by atoms with Crippen LogP contribution in [-0.4, -0.2) is 12.9 Å². The van der Waals surface area contributed by atoms with Crippen molar-refractivity contribution in [2.24, 2.45) is 0 Å². The molecule has 3 aromatic rings. The van der Waals surface area contributed by atoms with Crippen LogP contribution in [0.2, 0.25) is 0 Å². The number of hydrogen-bond donors (Lipinski definition) is 0. The number of rotatable bonds is 5. The van der Waals surface area contributed by atoms with E-state index in [-0.39, 0.29) is 5.78 Å². The van der Waals surface area contributed by atoms with Crippen LogP contribution in [0.25, 0.3) is 0 Å². The zero-order valence-electron chi connectivity index (χ0n) is 13.0. The Kier molecular flexibility index (Phi) is 5.15. The van der Waals surface area contributed by atoms with Crippen LogP contribution in [0.1, 0.15) is 15.9 Å². The third-order valence-corrected chi connectivity index (χ3v) is 4.22. The van der Waals surface area contributed by atoms with E-state index in [0.717, 1.165) is 9.32 Å². The van der Waals surface area contributed by atoms with Crippen LogP contribution in [0, 0.1) is 3.57 Å². The fourth-order valence-electron chi connectivity index (χ4n) is 2.24. The Hall–Kier alpha value is -2.34. The number of carbonyl (C=O) groups is 1. The van der Waals surface area contributed by atoms with Crippen molar-refractivity contribution in [1.82, 2.24) is 0 Å². The number of carbonyl (C=O) groups excluding carboxylic acids is 1. The van der Waals surface area contributed by atoms with Gasteiger partial charge < -0.3 is 9.47 Å². The van der Waals surface area contributed by atoms with E-state index in [0.29, 0.717) is 22.6 Å². The fourth-order valence-corrected chi connectivity index (χ4v) is 2.60. The van der Waals surface area contributed by atoms with Crippen LogP contribution in [0.4, 0.5) is 0 Å². The third-order valence-electron chi connectivity index (χ3n) is 3.50. The van der Waals surface area contributed by atoms with Gasteiger partial charge >= 0.3 is 0 Å². The minimum Gasteiger partial charge on any atom is -0.497 e. The van der Waals surface area contributed by atoms with E-state index in [2.05, 4.69) is 22.6 Å². The molecule has 0 aliphatic carbocycles. The predicted molar refractivity (Wildman–Crippen MR) is 102 cm³/mol. The number of ether oxygens (including phenoxy) is 2. The quantitative estimate of drug-likeness (QED) is 0.406. The maximum absolute atomic E-state index is 12.5. The second kappa shape index (κ2) is 7.49. The molecular weight excluding hydrogens is 415 g/mol. The summed E-state index contributed by atoms with van der Waals surface area (Å²) in [7, 11) is 1.62. The molecular formula is C20H15IO3. The highest BCUT2D eigenvalue weighted by molar-refractivity contribution is 14.1. The first kappa shape index (κ1) is 16.5. The molecule has 0 saturated carbocycles. The van der Waals surface area contributed by atoms with Gasteiger partial charge in [0.25, 0.3) is 0 Å². The van der Waals surface area contributed by atoms with Gasteiger partial charge in [-0.05, 0) is 83.3 Å². The van der Waals surface area contributed by atoms with Crippen LogP contribution in [-0.2, 0) is 0 Å². The van der Waals surface area contributed by atoms with Gasteiger partial charge in [0, 0.05) is 20.8 Å². The maximum Gasteiger partial charge on any atom is 0.193 e. The average Bonchev–Trinajstić information content (AvgIpc) is 2.62. The summed E-state index contributed by atoms with van der Waals surface area (Å²) in [5, 5.41) is 0.